The van der Waals surface area contributed by atoms with Gasteiger partial charge in [0.25, 0.3) is 0 Å². The van der Waals surface area contributed by atoms with E-state index in [4.69, 9.17) is 0 Å². The summed E-state index contributed by atoms with van der Waals surface area (Å²) >= 11 is 4.06. The monoisotopic (exact) mass is 311 g/mol. The molecule has 0 saturated heterocycles. The standard InChI is InChI=1S/C13H21N3O2SSi/c1-9(17)15-11(8-19)13(18)16-10-5-6-12(14-7-10)20(2,3)4/h5-7,11,19H,8H2,1-4H3,(H,15,17)(H,16,18)/t11-/m0/s1. The molecule has 1 aromatic rings. The second kappa shape index (κ2) is 6.89. The largest absolute Gasteiger partial charge is 0.344 e. The fourth-order valence-electron chi connectivity index (χ4n) is 1.58. The van der Waals surface area contributed by atoms with Gasteiger partial charge in [-0.25, -0.2) is 0 Å². The van der Waals surface area contributed by atoms with Crippen LogP contribution in [-0.2, 0) is 9.59 Å². The van der Waals surface area contributed by atoms with Crippen molar-refractivity contribution in [3.8, 4) is 0 Å². The predicted molar refractivity (Wildman–Crippen MR) is 87.3 cm³/mol. The Hall–Kier alpha value is -1.34. The fraction of sp³-hybridized carbons (Fsp3) is 0.462. The van der Waals surface area contributed by atoms with Crippen LogP contribution in [0.1, 0.15) is 6.92 Å². The summed E-state index contributed by atoms with van der Waals surface area (Å²) in [6, 6.07) is 3.13. The summed E-state index contributed by atoms with van der Waals surface area (Å²) in [4.78, 5) is 27.3. The van der Waals surface area contributed by atoms with Crippen molar-refractivity contribution in [1.29, 1.82) is 0 Å². The van der Waals surface area contributed by atoms with Crippen LogP contribution in [0.5, 0.6) is 0 Å². The molecule has 1 aromatic heterocycles. The van der Waals surface area contributed by atoms with Crippen LogP contribution in [0.25, 0.3) is 0 Å². The number of pyridine rings is 1. The Labute approximate surface area is 126 Å². The maximum absolute atomic E-state index is 12.0. The van der Waals surface area contributed by atoms with Gasteiger partial charge >= 0.3 is 0 Å². The molecule has 1 atom stereocenters. The molecule has 2 N–H and O–H groups in total. The molecule has 0 aliphatic heterocycles. The van der Waals surface area contributed by atoms with Crippen LogP contribution in [0.4, 0.5) is 5.69 Å². The van der Waals surface area contributed by atoms with Gasteiger partial charge in [0.1, 0.15) is 14.1 Å². The van der Waals surface area contributed by atoms with E-state index >= 15 is 0 Å². The van der Waals surface area contributed by atoms with E-state index in [9.17, 15) is 9.59 Å². The molecule has 0 aromatic carbocycles. The van der Waals surface area contributed by atoms with E-state index in [1.165, 1.54) is 6.92 Å². The zero-order chi connectivity index (χ0) is 15.3. The molecule has 2 amide bonds. The number of rotatable bonds is 5. The Kier molecular flexibility index (Phi) is 5.76. The highest BCUT2D eigenvalue weighted by Gasteiger charge is 2.20. The van der Waals surface area contributed by atoms with Gasteiger partial charge in [0.2, 0.25) is 11.8 Å². The summed E-state index contributed by atoms with van der Waals surface area (Å²) in [7, 11) is -1.44. The molecular weight excluding hydrogens is 290 g/mol. The first-order valence-electron chi connectivity index (χ1n) is 6.39. The van der Waals surface area contributed by atoms with E-state index < -0.39 is 14.1 Å². The van der Waals surface area contributed by atoms with Gasteiger partial charge in [-0.2, -0.15) is 12.6 Å². The molecule has 0 aliphatic carbocycles. The molecule has 0 aliphatic rings. The molecule has 20 heavy (non-hydrogen) atoms. The highest BCUT2D eigenvalue weighted by Crippen LogP contribution is 2.07. The summed E-state index contributed by atoms with van der Waals surface area (Å²) in [6.07, 6.45) is 1.65. The smallest absolute Gasteiger partial charge is 0.247 e. The second-order valence-corrected chi connectivity index (χ2v) is 11.0. The second-order valence-electron chi connectivity index (χ2n) is 5.61. The van der Waals surface area contributed by atoms with Gasteiger partial charge in [-0.1, -0.05) is 19.6 Å². The van der Waals surface area contributed by atoms with Crippen molar-refractivity contribution in [2.75, 3.05) is 11.1 Å². The minimum absolute atomic E-state index is 0.242. The molecule has 7 heteroatoms. The summed E-state index contributed by atoms with van der Waals surface area (Å²) < 4.78 is 0. The van der Waals surface area contributed by atoms with Crippen LogP contribution in [0, 0.1) is 0 Å². The zero-order valence-electron chi connectivity index (χ0n) is 12.2. The SMILES string of the molecule is CC(=O)N[C@@H](CS)C(=O)Nc1ccc([Si](C)(C)C)nc1. The average Bonchev–Trinajstić information content (AvgIpc) is 2.35. The van der Waals surface area contributed by atoms with Gasteiger partial charge < -0.3 is 10.6 Å². The molecule has 0 fully saturated rings. The number of nitrogens with zero attached hydrogens (tertiary/aromatic N) is 1. The first kappa shape index (κ1) is 16.7. The topological polar surface area (TPSA) is 71.1 Å². The molecule has 0 radical (unpaired) electrons. The third-order valence-corrected chi connectivity index (χ3v) is 4.87. The fourth-order valence-corrected chi connectivity index (χ4v) is 2.87. The summed E-state index contributed by atoms with van der Waals surface area (Å²) in [5.41, 5.74) is 0.620. The first-order chi connectivity index (χ1) is 9.24. The van der Waals surface area contributed by atoms with Crippen LogP contribution >= 0.6 is 12.6 Å². The van der Waals surface area contributed by atoms with Crippen LogP contribution in [0.15, 0.2) is 18.3 Å². The van der Waals surface area contributed by atoms with Crippen LogP contribution in [0.3, 0.4) is 0 Å². The van der Waals surface area contributed by atoms with Crippen molar-refractivity contribution in [1.82, 2.24) is 10.3 Å². The molecule has 5 nitrogen and oxygen atoms in total. The maximum Gasteiger partial charge on any atom is 0.247 e. The van der Waals surface area contributed by atoms with Crippen molar-refractivity contribution in [2.24, 2.45) is 0 Å². The van der Waals surface area contributed by atoms with E-state index in [0.717, 1.165) is 5.32 Å². The Morgan fingerprint density at radius 3 is 2.40 bits per heavy atom. The van der Waals surface area contributed by atoms with Crippen molar-refractivity contribution in [3.05, 3.63) is 18.3 Å². The molecule has 1 rings (SSSR count). The number of carbonyl (C=O) groups excluding carboxylic acids is 2. The number of aromatic nitrogens is 1. The maximum atomic E-state index is 12.0. The molecule has 110 valence electrons. The van der Waals surface area contributed by atoms with Crippen LogP contribution in [-0.4, -0.2) is 36.7 Å². The summed E-state index contributed by atoms with van der Waals surface area (Å²) in [5.74, 6) is -0.310. The quantitative estimate of drug-likeness (QED) is 0.561. The molecule has 1 heterocycles. The van der Waals surface area contributed by atoms with E-state index in [2.05, 4.69) is 47.9 Å². The number of nitrogens with one attached hydrogen (secondary N) is 2. The predicted octanol–water partition coefficient (Wildman–Crippen LogP) is 1.000. The van der Waals surface area contributed by atoms with Crippen molar-refractivity contribution in [3.63, 3.8) is 0 Å². The third kappa shape index (κ3) is 4.97. The van der Waals surface area contributed by atoms with Crippen LogP contribution in [0.2, 0.25) is 19.6 Å². The minimum atomic E-state index is -1.44. The van der Waals surface area contributed by atoms with E-state index in [-0.39, 0.29) is 17.6 Å². The summed E-state index contributed by atoms with van der Waals surface area (Å²) in [5, 5.41) is 6.36. The Morgan fingerprint density at radius 1 is 1.35 bits per heavy atom. The van der Waals surface area contributed by atoms with Gasteiger partial charge in [-0.15, -0.1) is 0 Å². The lowest BCUT2D eigenvalue weighted by Gasteiger charge is -2.17. The van der Waals surface area contributed by atoms with Gasteiger partial charge in [-0.05, 0) is 12.1 Å². The highest BCUT2D eigenvalue weighted by molar-refractivity contribution is 7.80. The van der Waals surface area contributed by atoms with Crippen molar-refractivity contribution in [2.45, 2.75) is 32.6 Å². The molecular formula is C13H21N3O2SSi. The van der Waals surface area contributed by atoms with Gasteiger partial charge in [-0.3, -0.25) is 14.6 Å². The normalized spacial score (nSPS) is 12.7. The number of amides is 2. The van der Waals surface area contributed by atoms with Gasteiger partial charge in [0.15, 0.2) is 0 Å². The molecule has 0 spiro atoms. The lowest BCUT2D eigenvalue weighted by molar-refractivity contribution is -0.124. The average molecular weight is 311 g/mol. The van der Waals surface area contributed by atoms with Crippen molar-refractivity contribution < 1.29 is 9.59 Å². The van der Waals surface area contributed by atoms with Crippen molar-refractivity contribution >= 4 is 43.5 Å². The van der Waals surface area contributed by atoms with Gasteiger partial charge in [0.05, 0.1) is 11.9 Å². The molecule has 0 saturated carbocycles. The number of thiol groups is 1. The van der Waals surface area contributed by atoms with E-state index in [0.29, 0.717) is 5.69 Å². The number of anilines is 1. The van der Waals surface area contributed by atoms with Crippen LogP contribution < -0.4 is 16.0 Å². The Bertz CT molecular complexity index is 485. The third-order valence-electron chi connectivity index (χ3n) is 2.68. The molecule has 0 bridgehead atoms. The number of carbonyl (C=O) groups is 2. The van der Waals surface area contributed by atoms with Gasteiger partial charge in [0, 0.05) is 18.0 Å². The Balaban J connectivity index is 2.73. The first-order valence-corrected chi connectivity index (χ1v) is 10.5. The highest BCUT2D eigenvalue weighted by atomic mass is 32.1. The lowest BCUT2D eigenvalue weighted by atomic mass is 10.3. The van der Waals surface area contributed by atoms with E-state index in [1.807, 2.05) is 12.1 Å². The minimum Gasteiger partial charge on any atom is -0.344 e. The molecule has 0 unspecified atom stereocenters. The number of hydrogen-bond acceptors (Lipinski definition) is 4. The Morgan fingerprint density at radius 2 is 2.00 bits per heavy atom. The zero-order valence-corrected chi connectivity index (χ0v) is 14.1. The summed E-state index contributed by atoms with van der Waals surface area (Å²) in [6.45, 7) is 8.00. The number of hydrogen-bond donors (Lipinski definition) is 3. The lowest BCUT2D eigenvalue weighted by Crippen LogP contribution is -2.44. The van der Waals surface area contributed by atoms with E-state index in [1.54, 1.807) is 6.20 Å².